The third kappa shape index (κ3) is 2.10. The maximum absolute atomic E-state index is 12.8. The number of hydrogen-bond acceptors (Lipinski definition) is 1. The molecule has 1 amide bonds. The van der Waals surface area contributed by atoms with Crippen LogP contribution < -0.4 is 0 Å². The smallest absolute Gasteiger partial charge is 0.225 e. The summed E-state index contributed by atoms with van der Waals surface area (Å²) in [7, 11) is 0. The van der Waals surface area contributed by atoms with Crippen molar-refractivity contribution in [3.63, 3.8) is 0 Å². The SMILES string of the molecule is CC(C)C(=O)N(C(C)C)C12CC3CC(CC(C)(C3)C1)C2. The first kappa shape index (κ1) is 14.4. The van der Waals surface area contributed by atoms with Gasteiger partial charge in [0.05, 0.1) is 0 Å². The molecule has 0 saturated heterocycles. The Morgan fingerprint density at radius 2 is 1.60 bits per heavy atom. The summed E-state index contributed by atoms with van der Waals surface area (Å²) in [5, 5.41) is 0. The second-order valence-electron chi connectivity index (χ2n) is 8.95. The average molecular weight is 277 g/mol. The zero-order valence-corrected chi connectivity index (χ0v) is 13.9. The van der Waals surface area contributed by atoms with E-state index in [9.17, 15) is 4.79 Å². The Morgan fingerprint density at radius 3 is 2.00 bits per heavy atom. The molecule has 0 aromatic carbocycles. The minimum atomic E-state index is 0.123. The van der Waals surface area contributed by atoms with Crippen molar-refractivity contribution in [2.75, 3.05) is 0 Å². The molecule has 0 aromatic heterocycles. The third-order valence-electron chi connectivity index (χ3n) is 6.08. The van der Waals surface area contributed by atoms with Crippen molar-refractivity contribution in [1.82, 2.24) is 4.90 Å². The summed E-state index contributed by atoms with van der Waals surface area (Å²) in [6, 6.07) is 0.338. The van der Waals surface area contributed by atoms with Gasteiger partial charge in [0.2, 0.25) is 5.91 Å². The molecule has 4 saturated carbocycles. The van der Waals surface area contributed by atoms with Gasteiger partial charge in [-0.1, -0.05) is 20.8 Å². The number of carbonyl (C=O) groups excluding carboxylic acids is 1. The van der Waals surface area contributed by atoms with Gasteiger partial charge in [-0.3, -0.25) is 4.79 Å². The Labute approximate surface area is 124 Å². The Morgan fingerprint density at radius 1 is 1.05 bits per heavy atom. The fourth-order valence-corrected chi connectivity index (χ4v) is 6.26. The summed E-state index contributed by atoms with van der Waals surface area (Å²) in [4.78, 5) is 15.1. The Balaban J connectivity index is 1.96. The van der Waals surface area contributed by atoms with E-state index in [-0.39, 0.29) is 11.5 Å². The van der Waals surface area contributed by atoms with Crippen molar-refractivity contribution in [3.05, 3.63) is 0 Å². The molecule has 2 atom stereocenters. The molecule has 20 heavy (non-hydrogen) atoms. The molecule has 4 rings (SSSR count). The van der Waals surface area contributed by atoms with E-state index >= 15 is 0 Å². The lowest BCUT2D eigenvalue weighted by molar-refractivity contribution is -0.167. The Kier molecular flexibility index (Phi) is 3.23. The molecule has 114 valence electrons. The molecule has 4 fully saturated rings. The summed E-state index contributed by atoms with van der Waals surface area (Å²) < 4.78 is 0. The highest BCUT2D eigenvalue weighted by Crippen LogP contribution is 2.63. The van der Waals surface area contributed by atoms with Crippen LogP contribution in [0, 0.1) is 23.2 Å². The Bertz CT molecular complexity index is 398. The fourth-order valence-electron chi connectivity index (χ4n) is 6.26. The minimum absolute atomic E-state index is 0.123. The largest absolute Gasteiger partial charge is 0.334 e. The van der Waals surface area contributed by atoms with Gasteiger partial charge in [0.1, 0.15) is 0 Å². The summed E-state index contributed by atoms with van der Waals surface area (Å²) in [6.45, 7) is 11.0. The summed E-state index contributed by atoms with van der Waals surface area (Å²) in [5.74, 6) is 2.26. The molecular formula is C18H31NO. The zero-order valence-electron chi connectivity index (χ0n) is 13.9. The van der Waals surface area contributed by atoms with E-state index in [0.29, 0.717) is 17.4 Å². The van der Waals surface area contributed by atoms with Crippen LogP contribution in [0.3, 0.4) is 0 Å². The lowest BCUT2D eigenvalue weighted by Crippen LogP contribution is -2.66. The number of nitrogens with zero attached hydrogens (tertiary/aromatic N) is 1. The van der Waals surface area contributed by atoms with Gasteiger partial charge in [0.15, 0.2) is 0 Å². The number of hydrogen-bond donors (Lipinski definition) is 0. The summed E-state index contributed by atoms with van der Waals surface area (Å²) in [6.07, 6.45) is 8.05. The zero-order chi connectivity index (χ0) is 14.7. The van der Waals surface area contributed by atoms with Crippen molar-refractivity contribution in [2.24, 2.45) is 23.2 Å². The van der Waals surface area contributed by atoms with Crippen LogP contribution in [0.4, 0.5) is 0 Å². The molecule has 0 aliphatic heterocycles. The second kappa shape index (κ2) is 4.48. The van der Waals surface area contributed by atoms with Gasteiger partial charge in [0.25, 0.3) is 0 Å². The van der Waals surface area contributed by atoms with Crippen molar-refractivity contribution < 1.29 is 4.79 Å². The van der Waals surface area contributed by atoms with E-state index < -0.39 is 0 Å². The van der Waals surface area contributed by atoms with E-state index in [1.807, 2.05) is 0 Å². The molecule has 4 aliphatic carbocycles. The van der Waals surface area contributed by atoms with Crippen molar-refractivity contribution in [3.8, 4) is 0 Å². The monoisotopic (exact) mass is 277 g/mol. The van der Waals surface area contributed by atoms with Gasteiger partial charge < -0.3 is 4.90 Å². The van der Waals surface area contributed by atoms with Gasteiger partial charge in [-0.15, -0.1) is 0 Å². The molecule has 0 radical (unpaired) electrons. The summed E-state index contributed by atoms with van der Waals surface area (Å²) >= 11 is 0. The Hall–Kier alpha value is -0.530. The molecule has 0 aromatic rings. The topological polar surface area (TPSA) is 20.3 Å². The highest BCUT2D eigenvalue weighted by atomic mass is 16.2. The van der Waals surface area contributed by atoms with E-state index in [4.69, 9.17) is 0 Å². The van der Waals surface area contributed by atoms with Crippen LogP contribution in [0.15, 0.2) is 0 Å². The average Bonchev–Trinajstić information content (AvgIpc) is 2.23. The van der Waals surface area contributed by atoms with E-state index in [0.717, 1.165) is 11.8 Å². The molecule has 0 spiro atoms. The van der Waals surface area contributed by atoms with Crippen LogP contribution in [-0.4, -0.2) is 22.4 Å². The standard InChI is InChI=1S/C18H31NO/c1-12(2)16(20)19(13(3)4)18-9-14-6-15(10-18)8-17(5,7-14)11-18/h12-15H,6-11H2,1-5H3. The normalized spacial score (nSPS) is 42.5. The first-order valence-corrected chi connectivity index (χ1v) is 8.58. The first-order chi connectivity index (χ1) is 9.25. The second-order valence-corrected chi connectivity index (χ2v) is 8.95. The van der Waals surface area contributed by atoms with Crippen LogP contribution in [0.25, 0.3) is 0 Å². The molecule has 2 unspecified atom stereocenters. The van der Waals surface area contributed by atoms with Crippen molar-refractivity contribution in [1.29, 1.82) is 0 Å². The molecular weight excluding hydrogens is 246 g/mol. The maximum Gasteiger partial charge on any atom is 0.225 e. The number of rotatable bonds is 3. The van der Waals surface area contributed by atoms with Gasteiger partial charge in [-0.25, -0.2) is 0 Å². The lowest BCUT2D eigenvalue weighted by atomic mass is 9.47. The molecule has 4 aliphatic rings. The molecule has 2 heteroatoms. The predicted octanol–water partition coefficient (Wildman–Crippen LogP) is 4.24. The van der Waals surface area contributed by atoms with Gasteiger partial charge in [0, 0.05) is 17.5 Å². The molecule has 2 nitrogen and oxygen atoms in total. The third-order valence-corrected chi connectivity index (χ3v) is 6.08. The maximum atomic E-state index is 12.8. The minimum Gasteiger partial charge on any atom is -0.334 e. The van der Waals surface area contributed by atoms with Crippen LogP contribution in [-0.2, 0) is 4.79 Å². The predicted molar refractivity (Wildman–Crippen MR) is 82.3 cm³/mol. The lowest BCUT2D eigenvalue weighted by Gasteiger charge is -2.65. The highest BCUT2D eigenvalue weighted by molar-refractivity contribution is 5.79. The molecule has 0 heterocycles. The van der Waals surface area contributed by atoms with Crippen molar-refractivity contribution >= 4 is 5.91 Å². The number of carbonyl (C=O) groups is 1. The van der Waals surface area contributed by atoms with E-state index in [2.05, 4.69) is 39.5 Å². The van der Waals surface area contributed by atoms with E-state index in [1.165, 1.54) is 38.5 Å². The van der Waals surface area contributed by atoms with E-state index in [1.54, 1.807) is 0 Å². The van der Waals surface area contributed by atoms with Gasteiger partial charge >= 0.3 is 0 Å². The van der Waals surface area contributed by atoms with Gasteiger partial charge in [-0.2, -0.15) is 0 Å². The van der Waals surface area contributed by atoms with Crippen LogP contribution in [0.5, 0.6) is 0 Å². The van der Waals surface area contributed by atoms with Crippen LogP contribution in [0.2, 0.25) is 0 Å². The van der Waals surface area contributed by atoms with Crippen LogP contribution >= 0.6 is 0 Å². The quantitative estimate of drug-likeness (QED) is 0.755. The fraction of sp³-hybridized carbons (Fsp3) is 0.944. The molecule has 4 bridgehead atoms. The van der Waals surface area contributed by atoms with Gasteiger partial charge in [-0.05, 0) is 69.6 Å². The summed E-state index contributed by atoms with van der Waals surface area (Å²) in [5.41, 5.74) is 0.697. The van der Waals surface area contributed by atoms with Crippen LogP contribution in [0.1, 0.15) is 73.1 Å². The molecule has 0 N–H and O–H groups in total. The number of amides is 1. The highest BCUT2D eigenvalue weighted by Gasteiger charge is 2.59. The first-order valence-electron chi connectivity index (χ1n) is 8.58. The van der Waals surface area contributed by atoms with Crippen molar-refractivity contribution in [2.45, 2.75) is 84.7 Å².